The highest BCUT2D eigenvalue weighted by Gasteiger charge is 2.01. The first-order valence-corrected chi connectivity index (χ1v) is 5.40. The van der Waals surface area contributed by atoms with E-state index in [1.165, 1.54) is 6.92 Å². The molecule has 0 aliphatic carbocycles. The van der Waals surface area contributed by atoms with Gasteiger partial charge in [-0.3, -0.25) is 9.78 Å². The third-order valence-electron chi connectivity index (χ3n) is 2.25. The number of hydrogen-bond donors (Lipinski definition) is 2. The Bertz CT molecular complexity index is 552. The molecule has 1 aromatic heterocycles. The van der Waals surface area contributed by atoms with Gasteiger partial charge in [-0.15, -0.1) is 0 Å². The molecule has 0 saturated carbocycles. The molecule has 1 aromatic carbocycles. The van der Waals surface area contributed by atoms with Crippen LogP contribution in [0.1, 0.15) is 6.92 Å². The number of anilines is 3. The van der Waals surface area contributed by atoms with Gasteiger partial charge in [0.1, 0.15) is 5.75 Å². The maximum absolute atomic E-state index is 10.8. The van der Waals surface area contributed by atoms with Crippen LogP contribution in [-0.2, 0) is 4.79 Å². The molecular formula is C13H13N3O2. The Kier molecular flexibility index (Phi) is 3.43. The van der Waals surface area contributed by atoms with Gasteiger partial charge in [-0.25, -0.2) is 0 Å². The summed E-state index contributed by atoms with van der Waals surface area (Å²) in [6.45, 7) is 1.36. The molecule has 0 bridgehead atoms. The predicted molar refractivity (Wildman–Crippen MR) is 69.7 cm³/mol. The van der Waals surface area contributed by atoms with E-state index < -0.39 is 0 Å². The molecule has 0 aliphatic rings. The van der Waals surface area contributed by atoms with Gasteiger partial charge in [0.15, 0.2) is 0 Å². The average Bonchev–Trinajstić information content (AvgIpc) is 2.34. The Labute approximate surface area is 105 Å². The fourth-order valence-corrected chi connectivity index (χ4v) is 1.45. The highest BCUT2D eigenvalue weighted by atomic mass is 16.5. The van der Waals surface area contributed by atoms with Crippen molar-refractivity contribution in [3.63, 3.8) is 0 Å². The lowest BCUT2D eigenvalue weighted by Crippen LogP contribution is -2.01. The van der Waals surface area contributed by atoms with Crippen molar-refractivity contribution in [2.75, 3.05) is 11.1 Å². The second-order valence-corrected chi connectivity index (χ2v) is 3.71. The predicted octanol–water partition coefficient (Wildman–Crippen LogP) is 2.33. The van der Waals surface area contributed by atoms with Crippen LogP contribution in [0.25, 0.3) is 0 Å². The fourth-order valence-electron chi connectivity index (χ4n) is 1.45. The van der Waals surface area contributed by atoms with Crippen LogP contribution in [0.5, 0.6) is 5.75 Å². The minimum absolute atomic E-state index is 0.339. The molecule has 3 N–H and O–H groups in total. The lowest BCUT2D eigenvalue weighted by atomic mass is 10.2. The summed E-state index contributed by atoms with van der Waals surface area (Å²) in [5.74, 6) is 0.171. The SMILES string of the molecule is CC(=O)Oc1ccc(Nc2ccncc2N)cc1. The van der Waals surface area contributed by atoms with Crippen molar-refractivity contribution in [3.05, 3.63) is 42.7 Å². The smallest absolute Gasteiger partial charge is 0.308 e. The molecule has 1 heterocycles. The Morgan fingerprint density at radius 1 is 1.28 bits per heavy atom. The van der Waals surface area contributed by atoms with Gasteiger partial charge in [0, 0.05) is 18.8 Å². The Hall–Kier alpha value is -2.56. The normalized spacial score (nSPS) is 9.83. The molecule has 5 heteroatoms. The minimum atomic E-state index is -0.339. The molecule has 0 spiro atoms. The van der Waals surface area contributed by atoms with E-state index in [1.807, 2.05) is 0 Å². The standard InChI is InChI=1S/C13H13N3O2/c1-9(17)18-11-4-2-10(3-5-11)16-13-6-7-15-8-12(13)14/h2-8H,14H2,1H3,(H,15,16). The van der Waals surface area contributed by atoms with Crippen LogP contribution in [0, 0.1) is 0 Å². The first-order chi connectivity index (χ1) is 8.65. The van der Waals surface area contributed by atoms with E-state index in [0.29, 0.717) is 11.4 Å². The topological polar surface area (TPSA) is 77.2 Å². The Morgan fingerprint density at radius 3 is 2.61 bits per heavy atom. The minimum Gasteiger partial charge on any atom is -0.427 e. The first kappa shape index (κ1) is 11.9. The zero-order valence-electron chi connectivity index (χ0n) is 9.88. The molecule has 2 aromatic rings. The number of hydrogen-bond acceptors (Lipinski definition) is 5. The van der Waals surface area contributed by atoms with Crippen molar-refractivity contribution in [3.8, 4) is 5.75 Å². The summed E-state index contributed by atoms with van der Waals surface area (Å²) in [6.07, 6.45) is 3.24. The van der Waals surface area contributed by atoms with Gasteiger partial charge in [0.05, 0.1) is 17.6 Å². The molecule has 0 fully saturated rings. The van der Waals surface area contributed by atoms with Crippen molar-refractivity contribution in [2.24, 2.45) is 0 Å². The molecule has 0 aliphatic heterocycles. The van der Waals surface area contributed by atoms with Crippen molar-refractivity contribution >= 4 is 23.0 Å². The van der Waals surface area contributed by atoms with E-state index in [9.17, 15) is 4.79 Å². The van der Waals surface area contributed by atoms with Crippen LogP contribution < -0.4 is 15.8 Å². The number of nitrogens with two attached hydrogens (primary N) is 1. The quantitative estimate of drug-likeness (QED) is 0.639. The van der Waals surface area contributed by atoms with Crippen molar-refractivity contribution < 1.29 is 9.53 Å². The van der Waals surface area contributed by atoms with Crippen LogP contribution in [0.15, 0.2) is 42.7 Å². The molecule has 0 atom stereocenters. The summed E-state index contributed by atoms with van der Waals surface area (Å²) >= 11 is 0. The lowest BCUT2D eigenvalue weighted by Gasteiger charge is -2.09. The molecule has 5 nitrogen and oxygen atoms in total. The number of benzene rings is 1. The van der Waals surface area contributed by atoms with Gasteiger partial charge in [-0.2, -0.15) is 0 Å². The Balaban J connectivity index is 2.11. The number of nitrogens with one attached hydrogen (secondary N) is 1. The second kappa shape index (κ2) is 5.18. The zero-order chi connectivity index (χ0) is 13.0. The fraction of sp³-hybridized carbons (Fsp3) is 0.0769. The van der Waals surface area contributed by atoms with Crippen molar-refractivity contribution in [1.29, 1.82) is 0 Å². The molecule has 18 heavy (non-hydrogen) atoms. The van der Waals surface area contributed by atoms with Gasteiger partial charge in [0.2, 0.25) is 0 Å². The number of nitrogens with zero attached hydrogens (tertiary/aromatic N) is 1. The van der Waals surface area contributed by atoms with Gasteiger partial charge in [-0.05, 0) is 30.3 Å². The van der Waals surface area contributed by atoms with Crippen LogP contribution in [0.2, 0.25) is 0 Å². The second-order valence-electron chi connectivity index (χ2n) is 3.71. The number of carbonyl (C=O) groups is 1. The van der Waals surface area contributed by atoms with Crippen LogP contribution in [-0.4, -0.2) is 11.0 Å². The number of nitrogen functional groups attached to an aromatic ring is 1. The van der Waals surface area contributed by atoms with Crippen LogP contribution >= 0.6 is 0 Å². The molecule has 0 unspecified atom stereocenters. The summed E-state index contributed by atoms with van der Waals surface area (Å²) in [4.78, 5) is 14.7. The summed E-state index contributed by atoms with van der Waals surface area (Å²) in [5.41, 5.74) is 7.97. The van der Waals surface area contributed by atoms with E-state index in [1.54, 1.807) is 42.7 Å². The van der Waals surface area contributed by atoms with Gasteiger partial charge >= 0.3 is 5.97 Å². The summed E-state index contributed by atoms with van der Waals surface area (Å²) in [5, 5.41) is 3.15. The van der Waals surface area contributed by atoms with Crippen molar-refractivity contribution in [1.82, 2.24) is 4.98 Å². The molecule has 0 saturated heterocycles. The molecule has 0 amide bonds. The van der Waals surface area contributed by atoms with Gasteiger partial charge < -0.3 is 15.8 Å². The maximum Gasteiger partial charge on any atom is 0.308 e. The van der Waals surface area contributed by atoms with E-state index in [2.05, 4.69) is 10.3 Å². The van der Waals surface area contributed by atoms with E-state index >= 15 is 0 Å². The number of aromatic nitrogens is 1. The highest BCUT2D eigenvalue weighted by Crippen LogP contribution is 2.23. The van der Waals surface area contributed by atoms with Crippen LogP contribution in [0.3, 0.4) is 0 Å². The third kappa shape index (κ3) is 2.98. The highest BCUT2D eigenvalue weighted by molar-refractivity contribution is 5.72. The molecular weight excluding hydrogens is 230 g/mol. The van der Waals surface area contributed by atoms with E-state index in [4.69, 9.17) is 10.5 Å². The van der Waals surface area contributed by atoms with Gasteiger partial charge in [-0.1, -0.05) is 0 Å². The van der Waals surface area contributed by atoms with Crippen molar-refractivity contribution in [2.45, 2.75) is 6.92 Å². The average molecular weight is 243 g/mol. The van der Waals surface area contributed by atoms with E-state index in [-0.39, 0.29) is 5.97 Å². The number of carbonyl (C=O) groups excluding carboxylic acids is 1. The largest absolute Gasteiger partial charge is 0.427 e. The molecule has 92 valence electrons. The lowest BCUT2D eigenvalue weighted by molar-refractivity contribution is -0.131. The number of esters is 1. The van der Waals surface area contributed by atoms with E-state index in [0.717, 1.165) is 11.4 Å². The maximum atomic E-state index is 10.8. The number of pyridine rings is 1. The first-order valence-electron chi connectivity index (χ1n) is 5.40. The van der Waals surface area contributed by atoms with Crippen LogP contribution in [0.4, 0.5) is 17.1 Å². The summed E-state index contributed by atoms with van der Waals surface area (Å²) in [7, 11) is 0. The number of rotatable bonds is 3. The zero-order valence-corrected chi connectivity index (χ0v) is 9.88. The Morgan fingerprint density at radius 2 is 2.00 bits per heavy atom. The van der Waals surface area contributed by atoms with Gasteiger partial charge in [0.25, 0.3) is 0 Å². The molecule has 0 radical (unpaired) electrons. The summed E-state index contributed by atoms with van der Waals surface area (Å²) in [6, 6.07) is 8.81. The number of ether oxygens (including phenoxy) is 1. The third-order valence-corrected chi connectivity index (χ3v) is 2.25. The summed E-state index contributed by atoms with van der Waals surface area (Å²) < 4.78 is 4.94. The monoisotopic (exact) mass is 243 g/mol. The molecule has 2 rings (SSSR count).